The number of ketones is 1. The van der Waals surface area contributed by atoms with E-state index in [1.165, 1.54) is 30.0 Å². The fourth-order valence-corrected chi connectivity index (χ4v) is 4.64. The molecule has 0 radical (unpaired) electrons. The zero-order chi connectivity index (χ0) is 29.7. The van der Waals surface area contributed by atoms with Gasteiger partial charge in [0.1, 0.15) is 17.2 Å². The summed E-state index contributed by atoms with van der Waals surface area (Å²) in [5.74, 6) is -1.43. The smallest absolute Gasteiger partial charge is 0.409 e. The number of carboxylic acid groups (broad SMARTS) is 1. The highest BCUT2D eigenvalue weighted by atomic mass is 32.2. The number of rotatable bonds is 9. The first-order chi connectivity index (χ1) is 19.4. The number of carbonyl (C=O) groups excluding carboxylic acids is 2. The van der Waals surface area contributed by atoms with Gasteiger partial charge in [-0.05, 0) is 51.3 Å². The van der Waals surface area contributed by atoms with Crippen molar-refractivity contribution in [1.82, 2.24) is 9.55 Å². The molecule has 0 aliphatic heterocycles. The van der Waals surface area contributed by atoms with Crippen LogP contribution < -0.4 is 15.4 Å². The number of hydrogen-bond donors (Lipinski definition) is 3. The average molecular weight is 577 g/mol. The van der Waals surface area contributed by atoms with Crippen LogP contribution in [0.2, 0.25) is 0 Å². The first kappa shape index (κ1) is 29.3. The molecule has 0 unspecified atom stereocenters. The minimum absolute atomic E-state index is 0.00402. The van der Waals surface area contributed by atoms with Crippen molar-refractivity contribution in [2.24, 2.45) is 0 Å². The maximum Gasteiger partial charge on any atom is 0.409 e. The van der Waals surface area contributed by atoms with E-state index in [0.29, 0.717) is 11.1 Å². The standard InChI is InChI=1S/C30H29FN4O5S/c1-30(2,3)40-26-16-24(34-29(38)39)23(15-21(26)20-10-5-6-11-22(20)31)33-27(37)17-25(36)18-8-7-9-19(14-18)35-13-12-32-28(35)41-4/h5-16,34H,17H2,1-4H3,(H,33,37)(H,38,39). The first-order valence-electron chi connectivity index (χ1n) is 12.6. The van der Waals surface area contributed by atoms with E-state index in [1.807, 2.05) is 16.9 Å². The molecule has 0 fully saturated rings. The van der Waals surface area contributed by atoms with Gasteiger partial charge in [-0.2, -0.15) is 0 Å². The first-order valence-corrected chi connectivity index (χ1v) is 13.8. The second-order valence-electron chi connectivity index (χ2n) is 10.0. The molecule has 2 amide bonds. The predicted molar refractivity (Wildman–Crippen MR) is 157 cm³/mol. The highest BCUT2D eigenvalue weighted by Gasteiger charge is 2.22. The molecular formula is C30H29FN4O5S. The number of anilines is 2. The number of amides is 2. The number of hydrogen-bond acceptors (Lipinski definition) is 6. The lowest BCUT2D eigenvalue weighted by atomic mass is 10.0. The fraction of sp³-hybridized carbons (Fsp3) is 0.200. The van der Waals surface area contributed by atoms with Gasteiger partial charge in [-0.25, -0.2) is 14.2 Å². The van der Waals surface area contributed by atoms with Crippen LogP contribution >= 0.6 is 11.8 Å². The lowest BCUT2D eigenvalue weighted by molar-refractivity contribution is -0.115. The van der Waals surface area contributed by atoms with Crippen LogP contribution in [0.15, 0.2) is 78.2 Å². The topological polar surface area (TPSA) is 123 Å². The van der Waals surface area contributed by atoms with E-state index in [-0.39, 0.29) is 22.7 Å². The highest BCUT2D eigenvalue weighted by molar-refractivity contribution is 7.98. The Bertz CT molecular complexity index is 1610. The molecule has 11 heteroatoms. The summed E-state index contributed by atoms with van der Waals surface area (Å²) in [7, 11) is 0. The lowest BCUT2D eigenvalue weighted by Gasteiger charge is -2.25. The SMILES string of the molecule is CSc1nccn1-c1cccc(C(=O)CC(=O)Nc2cc(-c3ccccc3F)c(OC(C)(C)C)cc2NC(=O)O)c1. The minimum atomic E-state index is -1.38. The van der Waals surface area contributed by atoms with Crippen LogP contribution in [0.5, 0.6) is 5.75 Å². The zero-order valence-corrected chi connectivity index (χ0v) is 23.7. The summed E-state index contributed by atoms with van der Waals surface area (Å²) < 4.78 is 22.7. The summed E-state index contributed by atoms with van der Waals surface area (Å²) >= 11 is 1.46. The number of Topliss-reactive ketones (excluding diaryl/α,β-unsaturated/α-hetero) is 1. The minimum Gasteiger partial charge on any atom is -0.487 e. The van der Waals surface area contributed by atoms with Crippen molar-refractivity contribution in [3.05, 3.63) is 84.4 Å². The molecule has 4 aromatic rings. The number of imidazole rings is 1. The van der Waals surface area contributed by atoms with Gasteiger partial charge in [0, 0.05) is 40.8 Å². The van der Waals surface area contributed by atoms with E-state index in [9.17, 15) is 23.9 Å². The molecule has 212 valence electrons. The second kappa shape index (κ2) is 12.3. The van der Waals surface area contributed by atoms with Gasteiger partial charge in [0.15, 0.2) is 10.9 Å². The largest absolute Gasteiger partial charge is 0.487 e. The van der Waals surface area contributed by atoms with E-state index in [1.54, 1.807) is 69.6 Å². The van der Waals surface area contributed by atoms with E-state index in [2.05, 4.69) is 15.6 Å². The summed E-state index contributed by atoms with van der Waals surface area (Å²) in [5.41, 5.74) is 0.887. The van der Waals surface area contributed by atoms with Crippen molar-refractivity contribution in [3.8, 4) is 22.6 Å². The monoisotopic (exact) mass is 576 g/mol. The highest BCUT2D eigenvalue weighted by Crippen LogP contribution is 2.40. The molecule has 0 atom stereocenters. The van der Waals surface area contributed by atoms with Crippen LogP contribution in [0.3, 0.4) is 0 Å². The fourth-order valence-electron chi connectivity index (χ4n) is 4.12. The summed E-state index contributed by atoms with van der Waals surface area (Å²) in [6.07, 6.45) is 3.44. The third-order valence-corrected chi connectivity index (χ3v) is 6.44. The Balaban J connectivity index is 1.65. The number of ether oxygens (including phenoxy) is 1. The number of nitrogens with zero attached hydrogens (tertiary/aromatic N) is 2. The summed E-state index contributed by atoms with van der Waals surface area (Å²) in [6.45, 7) is 5.40. The van der Waals surface area contributed by atoms with Crippen molar-refractivity contribution in [2.45, 2.75) is 37.9 Å². The van der Waals surface area contributed by atoms with Gasteiger partial charge in [0.25, 0.3) is 0 Å². The Morgan fingerprint density at radius 3 is 2.41 bits per heavy atom. The number of benzene rings is 3. The Morgan fingerprint density at radius 1 is 1.00 bits per heavy atom. The molecule has 41 heavy (non-hydrogen) atoms. The molecule has 1 heterocycles. The molecule has 0 bridgehead atoms. The Hall–Kier alpha value is -4.64. The Labute approximate surface area is 240 Å². The summed E-state index contributed by atoms with van der Waals surface area (Å²) in [6, 6.07) is 15.7. The number of nitrogens with one attached hydrogen (secondary N) is 2. The van der Waals surface area contributed by atoms with Gasteiger partial charge >= 0.3 is 6.09 Å². The van der Waals surface area contributed by atoms with Crippen LogP contribution in [0.1, 0.15) is 37.6 Å². The molecule has 0 saturated carbocycles. The van der Waals surface area contributed by atoms with Gasteiger partial charge in [-0.15, -0.1) is 0 Å². The Morgan fingerprint density at radius 2 is 1.73 bits per heavy atom. The number of halogens is 1. The third-order valence-electron chi connectivity index (χ3n) is 5.77. The molecule has 1 aromatic heterocycles. The number of aromatic nitrogens is 2. The van der Waals surface area contributed by atoms with Gasteiger partial charge in [-0.3, -0.25) is 19.5 Å². The molecule has 3 aromatic carbocycles. The van der Waals surface area contributed by atoms with Gasteiger partial charge in [-0.1, -0.05) is 42.1 Å². The lowest BCUT2D eigenvalue weighted by Crippen LogP contribution is -2.24. The Kier molecular flexibility index (Phi) is 8.77. The van der Waals surface area contributed by atoms with Crippen molar-refractivity contribution in [2.75, 3.05) is 16.9 Å². The van der Waals surface area contributed by atoms with Crippen molar-refractivity contribution < 1.29 is 28.6 Å². The quantitative estimate of drug-likeness (QED) is 0.113. The molecule has 0 spiro atoms. The molecule has 3 N–H and O–H groups in total. The molecular weight excluding hydrogens is 547 g/mol. The van der Waals surface area contributed by atoms with Crippen LogP contribution in [-0.4, -0.2) is 44.3 Å². The van der Waals surface area contributed by atoms with Crippen molar-refractivity contribution in [3.63, 3.8) is 0 Å². The third kappa shape index (κ3) is 7.31. The molecule has 9 nitrogen and oxygen atoms in total. The van der Waals surface area contributed by atoms with E-state index in [4.69, 9.17) is 4.74 Å². The predicted octanol–water partition coefficient (Wildman–Crippen LogP) is 6.88. The van der Waals surface area contributed by atoms with Crippen molar-refractivity contribution in [1.29, 1.82) is 0 Å². The van der Waals surface area contributed by atoms with Crippen LogP contribution in [0.4, 0.5) is 20.6 Å². The molecule has 0 aliphatic carbocycles. The van der Waals surface area contributed by atoms with Crippen LogP contribution in [-0.2, 0) is 4.79 Å². The number of carbonyl (C=O) groups is 3. The van der Waals surface area contributed by atoms with E-state index in [0.717, 1.165) is 10.8 Å². The van der Waals surface area contributed by atoms with Gasteiger partial charge in [0.05, 0.1) is 17.8 Å². The van der Waals surface area contributed by atoms with Crippen LogP contribution in [0.25, 0.3) is 16.8 Å². The average Bonchev–Trinajstić information content (AvgIpc) is 3.38. The van der Waals surface area contributed by atoms with Gasteiger partial charge < -0.3 is 15.2 Å². The zero-order valence-electron chi connectivity index (χ0n) is 22.9. The normalized spacial score (nSPS) is 11.1. The van der Waals surface area contributed by atoms with E-state index < -0.39 is 35.6 Å². The van der Waals surface area contributed by atoms with Crippen LogP contribution in [0, 0.1) is 5.82 Å². The number of thioether (sulfide) groups is 1. The van der Waals surface area contributed by atoms with Crippen molar-refractivity contribution >= 4 is 40.9 Å². The molecule has 4 rings (SSSR count). The summed E-state index contributed by atoms with van der Waals surface area (Å²) in [4.78, 5) is 41.9. The molecule has 0 saturated heterocycles. The summed E-state index contributed by atoms with van der Waals surface area (Å²) in [5, 5.41) is 15.0. The second-order valence-corrected chi connectivity index (χ2v) is 10.8. The maximum absolute atomic E-state index is 14.8. The van der Waals surface area contributed by atoms with Gasteiger partial charge in [0.2, 0.25) is 5.91 Å². The maximum atomic E-state index is 14.8. The van der Waals surface area contributed by atoms with E-state index >= 15 is 0 Å². The molecule has 0 aliphatic rings.